The third-order valence-corrected chi connectivity index (χ3v) is 5.16. The van der Waals surface area contributed by atoms with Gasteiger partial charge in [0.05, 0.1) is 5.69 Å². The van der Waals surface area contributed by atoms with Crippen LogP contribution in [-0.4, -0.2) is 24.9 Å². The molecule has 0 atom stereocenters. The van der Waals surface area contributed by atoms with Gasteiger partial charge in [-0.15, -0.1) is 0 Å². The summed E-state index contributed by atoms with van der Waals surface area (Å²) in [6, 6.07) is 4.02. The van der Waals surface area contributed by atoms with E-state index in [0.29, 0.717) is 22.6 Å². The summed E-state index contributed by atoms with van der Waals surface area (Å²) in [6.45, 7) is 5.24. The highest BCUT2D eigenvalue weighted by Gasteiger charge is 2.26. The van der Waals surface area contributed by atoms with Gasteiger partial charge in [0.1, 0.15) is 16.5 Å². The highest BCUT2D eigenvalue weighted by molar-refractivity contribution is 7.89. The summed E-state index contributed by atoms with van der Waals surface area (Å²) in [5.74, 6) is -0.203. The minimum atomic E-state index is -3.91. The average molecular weight is 312 g/mol. The fourth-order valence-electron chi connectivity index (χ4n) is 2.01. The number of nitrogens with zero attached hydrogens (tertiary/aromatic N) is 2. The minimum Gasteiger partial charge on any atom is -0.361 e. The summed E-state index contributed by atoms with van der Waals surface area (Å²) >= 11 is 0. The first-order chi connectivity index (χ1) is 9.73. The third-order valence-electron chi connectivity index (χ3n) is 3.34. The van der Waals surface area contributed by atoms with Crippen molar-refractivity contribution in [1.82, 2.24) is 9.46 Å². The van der Waals surface area contributed by atoms with Crippen LogP contribution in [0, 0.1) is 26.6 Å². The highest BCUT2D eigenvalue weighted by Crippen LogP contribution is 2.23. The molecule has 0 aliphatic heterocycles. The van der Waals surface area contributed by atoms with Gasteiger partial charge in [0.25, 0.3) is 0 Å². The molecular formula is C14H17FN2O3S. The van der Waals surface area contributed by atoms with E-state index in [1.54, 1.807) is 20.8 Å². The molecule has 0 fully saturated rings. The lowest BCUT2D eigenvalue weighted by atomic mass is 10.2. The molecule has 0 saturated heterocycles. The van der Waals surface area contributed by atoms with E-state index in [1.165, 1.54) is 19.2 Å². The van der Waals surface area contributed by atoms with Gasteiger partial charge in [-0.1, -0.05) is 11.2 Å². The van der Waals surface area contributed by atoms with Crippen LogP contribution in [0.5, 0.6) is 0 Å². The number of sulfonamides is 1. The third kappa shape index (κ3) is 2.98. The van der Waals surface area contributed by atoms with E-state index in [0.717, 1.165) is 10.4 Å². The molecular weight excluding hydrogens is 295 g/mol. The standard InChI is InChI=1S/C14H17FN2O3S/c1-9-5-6-13(15)14(7-9)21(18,19)17(4)8-12-10(2)16-20-11(12)3/h5-7H,8H2,1-4H3. The molecule has 0 radical (unpaired) electrons. The van der Waals surface area contributed by atoms with Crippen LogP contribution in [0.25, 0.3) is 0 Å². The van der Waals surface area contributed by atoms with Crippen molar-refractivity contribution in [3.8, 4) is 0 Å². The number of hydrogen-bond donors (Lipinski definition) is 0. The normalized spacial score (nSPS) is 12.1. The Morgan fingerprint density at radius 1 is 1.29 bits per heavy atom. The summed E-state index contributed by atoms with van der Waals surface area (Å²) in [7, 11) is -2.51. The van der Waals surface area contributed by atoms with Crippen molar-refractivity contribution >= 4 is 10.0 Å². The zero-order valence-corrected chi connectivity index (χ0v) is 13.2. The first kappa shape index (κ1) is 15.7. The van der Waals surface area contributed by atoms with Crippen molar-refractivity contribution in [2.75, 3.05) is 7.05 Å². The zero-order valence-electron chi connectivity index (χ0n) is 12.3. The molecule has 0 aliphatic rings. The number of aryl methyl sites for hydroxylation is 3. The summed E-state index contributed by atoms with van der Waals surface area (Å²) in [4.78, 5) is -0.322. The van der Waals surface area contributed by atoms with E-state index in [4.69, 9.17) is 4.52 Å². The number of hydrogen-bond acceptors (Lipinski definition) is 4. The van der Waals surface area contributed by atoms with Crippen LogP contribution in [0.15, 0.2) is 27.6 Å². The molecule has 0 unspecified atom stereocenters. The van der Waals surface area contributed by atoms with Crippen molar-refractivity contribution in [2.45, 2.75) is 32.2 Å². The van der Waals surface area contributed by atoms with Crippen LogP contribution < -0.4 is 0 Å². The van der Waals surface area contributed by atoms with Crippen LogP contribution in [0.4, 0.5) is 4.39 Å². The van der Waals surface area contributed by atoms with Gasteiger partial charge in [-0.2, -0.15) is 4.31 Å². The monoisotopic (exact) mass is 312 g/mol. The minimum absolute atomic E-state index is 0.0802. The van der Waals surface area contributed by atoms with Crippen molar-refractivity contribution in [3.63, 3.8) is 0 Å². The molecule has 0 spiro atoms. The number of halogens is 1. The van der Waals surface area contributed by atoms with Crippen molar-refractivity contribution in [1.29, 1.82) is 0 Å². The molecule has 0 amide bonds. The lowest BCUT2D eigenvalue weighted by molar-refractivity contribution is 0.390. The van der Waals surface area contributed by atoms with Crippen LogP contribution >= 0.6 is 0 Å². The summed E-state index contributed by atoms with van der Waals surface area (Å²) < 4.78 is 44.9. The maximum Gasteiger partial charge on any atom is 0.246 e. The number of benzene rings is 1. The van der Waals surface area contributed by atoms with E-state index >= 15 is 0 Å². The molecule has 1 aromatic carbocycles. The average Bonchev–Trinajstić information content (AvgIpc) is 2.73. The maximum absolute atomic E-state index is 13.8. The van der Waals surface area contributed by atoms with E-state index < -0.39 is 15.8 Å². The zero-order chi connectivity index (χ0) is 15.8. The molecule has 1 heterocycles. The van der Waals surface area contributed by atoms with Gasteiger partial charge >= 0.3 is 0 Å². The van der Waals surface area contributed by atoms with E-state index in [1.807, 2.05) is 0 Å². The van der Waals surface area contributed by atoms with E-state index in [9.17, 15) is 12.8 Å². The first-order valence-electron chi connectivity index (χ1n) is 6.37. The molecule has 0 aliphatic carbocycles. The lowest BCUT2D eigenvalue weighted by Crippen LogP contribution is -2.27. The maximum atomic E-state index is 13.8. The quantitative estimate of drug-likeness (QED) is 0.870. The van der Waals surface area contributed by atoms with Gasteiger partial charge in [0, 0.05) is 19.2 Å². The Morgan fingerprint density at radius 3 is 2.52 bits per heavy atom. The van der Waals surface area contributed by atoms with Gasteiger partial charge in [-0.05, 0) is 38.5 Å². The summed E-state index contributed by atoms with van der Waals surface area (Å²) in [6.07, 6.45) is 0. The Morgan fingerprint density at radius 2 is 1.95 bits per heavy atom. The summed E-state index contributed by atoms with van der Waals surface area (Å²) in [5, 5.41) is 3.79. The van der Waals surface area contributed by atoms with E-state index in [-0.39, 0.29) is 11.4 Å². The van der Waals surface area contributed by atoms with E-state index in [2.05, 4.69) is 5.16 Å². The predicted molar refractivity (Wildman–Crippen MR) is 75.8 cm³/mol. The Kier molecular flexibility index (Phi) is 4.15. The second-order valence-corrected chi connectivity index (χ2v) is 7.01. The molecule has 2 aromatic rings. The van der Waals surface area contributed by atoms with Crippen LogP contribution in [-0.2, 0) is 16.6 Å². The second-order valence-electron chi connectivity index (χ2n) is 5.00. The molecule has 1 aromatic heterocycles. The van der Waals surface area contributed by atoms with Gasteiger partial charge in [0.15, 0.2) is 0 Å². The molecule has 0 bridgehead atoms. The molecule has 5 nitrogen and oxygen atoms in total. The largest absolute Gasteiger partial charge is 0.361 e. The Balaban J connectivity index is 2.37. The molecule has 2 rings (SSSR count). The molecule has 21 heavy (non-hydrogen) atoms. The Bertz CT molecular complexity index is 749. The topological polar surface area (TPSA) is 63.4 Å². The van der Waals surface area contributed by atoms with Gasteiger partial charge in [0.2, 0.25) is 10.0 Å². The predicted octanol–water partition coefficient (Wildman–Crippen LogP) is 2.56. The van der Waals surface area contributed by atoms with Crippen molar-refractivity contribution in [3.05, 3.63) is 46.6 Å². The SMILES string of the molecule is Cc1ccc(F)c(S(=O)(=O)N(C)Cc2c(C)noc2C)c1. The highest BCUT2D eigenvalue weighted by atomic mass is 32.2. The molecule has 0 N–H and O–H groups in total. The van der Waals surface area contributed by atoms with Crippen molar-refractivity contribution in [2.24, 2.45) is 0 Å². The van der Waals surface area contributed by atoms with Crippen LogP contribution in [0.3, 0.4) is 0 Å². The molecule has 0 saturated carbocycles. The first-order valence-corrected chi connectivity index (χ1v) is 7.81. The van der Waals surface area contributed by atoms with Gasteiger partial charge in [-0.25, -0.2) is 12.8 Å². The van der Waals surface area contributed by atoms with Gasteiger partial charge in [-0.3, -0.25) is 0 Å². The fourth-order valence-corrected chi connectivity index (χ4v) is 3.30. The molecule has 7 heteroatoms. The van der Waals surface area contributed by atoms with Crippen LogP contribution in [0.1, 0.15) is 22.6 Å². The summed E-state index contributed by atoms with van der Waals surface area (Å²) in [5.41, 5.74) is 1.99. The fraction of sp³-hybridized carbons (Fsp3) is 0.357. The van der Waals surface area contributed by atoms with Crippen molar-refractivity contribution < 1.29 is 17.3 Å². The number of aromatic nitrogens is 1. The molecule has 114 valence electrons. The number of rotatable bonds is 4. The second kappa shape index (κ2) is 5.57. The smallest absolute Gasteiger partial charge is 0.246 e. The Hall–Kier alpha value is -1.73. The lowest BCUT2D eigenvalue weighted by Gasteiger charge is -2.17. The Labute approximate surface area is 123 Å². The van der Waals surface area contributed by atoms with Crippen LogP contribution in [0.2, 0.25) is 0 Å². The van der Waals surface area contributed by atoms with Gasteiger partial charge < -0.3 is 4.52 Å².